The molecule has 2 nitrogen and oxygen atoms in total. The van der Waals surface area contributed by atoms with E-state index in [-0.39, 0.29) is 0 Å². The average molecular weight is 224 g/mol. The summed E-state index contributed by atoms with van der Waals surface area (Å²) < 4.78 is 18.5. The quantitative estimate of drug-likeness (QED) is 0.782. The first-order valence-electron chi connectivity index (χ1n) is 3.09. The molecule has 1 unspecified atom stereocenters. The maximum Gasteiger partial charge on any atom is 0.0697 e. The van der Waals surface area contributed by atoms with Gasteiger partial charge in [-0.25, -0.2) is 8.99 Å². The van der Waals surface area contributed by atoms with Crippen molar-refractivity contribution in [2.45, 2.75) is 4.90 Å². The molecule has 0 bridgehead atoms. The summed E-state index contributed by atoms with van der Waals surface area (Å²) in [6.45, 7) is 0. The fourth-order valence-electron chi connectivity index (χ4n) is 0.753. The van der Waals surface area contributed by atoms with Crippen LogP contribution in [-0.2, 0) is 9.73 Å². The highest BCUT2D eigenvalue weighted by molar-refractivity contribution is 7.91. The Labute approximate surface area is 81.5 Å². The summed E-state index contributed by atoms with van der Waals surface area (Å²) in [5, 5.41) is 0.804. The largest absolute Gasteiger partial charge is 0.249 e. The molecule has 0 amide bonds. The Balaban J connectivity index is 3.37. The molecular weight excluding hydrogens is 217 g/mol. The molecule has 0 aliphatic carbocycles. The molecule has 0 aliphatic heterocycles. The van der Waals surface area contributed by atoms with Gasteiger partial charge in [-0.2, -0.15) is 0 Å². The lowest BCUT2D eigenvalue weighted by Crippen LogP contribution is -1.94. The van der Waals surface area contributed by atoms with Crippen LogP contribution in [0.2, 0.25) is 10.0 Å². The van der Waals surface area contributed by atoms with Gasteiger partial charge in [0, 0.05) is 21.2 Å². The minimum absolute atomic E-state index is 0.361. The van der Waals surface area contributed by atoms with Crippen molar-refractivity contribution in [3.8, 4) is 0 Å². The van der Waals surface area contributed by atoms with E-state index in [9.17, 15) is 4.21 Å². The topological polar surface area (TPSA) is 40.9 Å². The van der Waals surface area contributed by atoms with Gasteiger partial charge in [0.2, 0.25) is 0 Å². The molecule has 1 rings (SSSR count). The zero-order valence-corrected chi connectivity index (χ0v) is 8.63. The Hall–Kier alpha value is -0.250. The predicted octanol–water partition coefficient (Wildman–Crippen LogP) is 3.03. The first kappa shape index (κ1) is 9.84. The number of halogens is 2. The van der Waals surface area contributed by atoms with Crippen LogP contribution in [0.1, 0.15) is 0 Å². The lowest BCUT2D eigenvalue weighted by Gasteiger charge is -2.01. The Morgan fingerprint density at radius 2 is 1.67 bits per heavy atom. The Morgan fingerprint density at radius 1 is 1.25 bits per heavy atom. The maximum atomic E-state index is 11.2. The molecule has 5 heteroatoms. The molecule has 0 radical (unpaired) electrons. The summed E-state index contributed by atoms with van der Waals surface area (Å²) in [7, 11) is -2.72. The van der Waals surface area contributed by atoms with Crippen LogP contribution in [0, 0.1) is 4.78 Å². The summed E-state index contributed by atoms with van der Waals surface area (Å²) in [4.78, 5) is 0.361. The van der Waals surface area contributed by atoms with E-state index in [1.807, 2.05) is 0 Å². The minimum atomic E-state index is -2.72. The van der Waals surface area contributed by atoms with Crippen molar-refractivity contribution in [2.75, 3.05) is 6.26 Å². The Kier molecular flexibility index (Phi) is 2.66. The van der Waals surface area contributed by atoms with E-state index in [1.165, 1.54) is 24.5 Å². The third kappa shape index (κ3) is 2.37. The first-order chi connectivity index (χ1) is 5.39. The lowest BCUT2D eigenvalue weighted by atomic mass is 10.4. The van der Waals surface area contributed by atoms with E-state index < -0.39 is 9.73 Å². The van der Waals surface area contributed by atoms with Gasteiger partial charge >= 0.3 is 0 Å². The first-order valence-corrected chi connectivity index (χ1v) is 5.82. The van der Waals surface area contributed by atoms with Gasteiger partial charge in [0.15, 0.2) is 0 Å². The molecule has 1 aromatic carbocycles. The van der Waals surface area contributed by atoms with Gasteiger partial charge in [0.1, 0.15) is 0 Å². The van der Waals surface area contributed by atoms with Gasteiger partial charge < -0.3 is 0 Å². The SMILES string of the molecule is CS(=N)(=O)c1cc(Cl)cc(Cl)c1. The number of benzene rings is 1. The van der Waals surface area contributed by atoms with Crippen molar-refractivity contribution in [2.24, 2.45) is 0 Å². The van der Waals surface area contributed by atoms with Crippen LogP contribution in [0.25, 0.3) is 0 Å². The Bertz CT molecular complexity index is 380. The molecule has 0 aromatic heterocycles. The highest BCUT2D eigenvalue weighted by atomic mass is 35.5. The van der Waals surface area contributed by atoms with Crippen LogP contribution in [0.3, 0.4) is 0 Å². The van der Waals surface area contributed by atoms with E-state index in [0.29, 0.717) is 14.9 Å². The fourth-order valence-corrected chi connectivity index (χ4v) is 2.11. The van der Waals surface area contributed by atoms with Crippen LogP contribution >= 0.6 is 23.2 Å². The molecule has 12 heavy (non-hydrogen) atoms. The van der Waals surface area contributed by atoms with E-state index in [4.69, 9.17) is 28.0 Å². The molecule has 0 fully saturated rings. The zero-order chi connectivity index (χ0) is 9.35. The minimum Gasteiger partial charge on any atom is -0.249 e. The average Bonchev–Trinajstić information content (AvgIpc) is 1.82. The van der Waals surface area contributed by atoms with E-state index >= 15 is 0 Å². The fraction of sp³-hybridized carbons (Fsp3) is 0.143. The van der Waals surface area contributed by atoms with Crippen molar-refractivity contribution < 1.29 is 4.21 Å². The monoisotopic (exact) mass is 223 g/mol. The normalized spacial score (nSPS) is 15.6. The van der Waals surface area contributed by atoms with Gasteiger partial charge in [0.25, 0.3) is 0 Å². The number of hydrogen-bond acceptors (Lipinski definition) is 2. The van der Waals surface area contributed by atoms with Crippen LogP contribution in [0.15, 0.2) is 23.1 Å². The number of hydrogen-bond donors (Lipinski definition) is 1. The third-order valence-corrected chi connectivity index (χ3v) is 2.86. The molecule has 1 aromatic rings. The highest BCUT2D eigenvalue weighted by Crippen LogP contribution is 2.22. The van der Waals surface area contributed by atoms with Crippen molar-refractivity contribution in [1.29, 1.82) is 4.78 Å². The van der Waals surface area contributed by atoms with Crippen molar-refractivity contribution in [3.05, 3.63) is 28.2 Å². The van der Waals surface area contributed by atoms with Crippen LogP contribution < -0.4 is 0 Å². The molecule has 0 aliphatic rings. The van der Waals surface area contributed by atoms with Gasteiger partial charge in [0.05, 0.1) is 9.73 Å². The molecule has 0 saturated carbocycles. The molecule has 1 atom stereocenters. The van der Waals surface area contributed by atoms with Gasteiger partial charge in [-0.05, 0) is 18.2 Å². The molecule has 0 heterocycles. The number of nitrogens with one attached hydrogen (secondary N) is 1. The lowest BCUT2D eigenvalue weighted by molar-refractivity contribution is 0.679. The smallest absolute Gasteiger partial charge is 0.0697 e. The van der Waals surface area contributed by atoms with Crippen molar-refractivity contribution in [3.63, 3.8) is 0 Å². The summed E-state index contributed by atoms with van der Waals surface area (Å²) in [6.07, 6.45) is 1.33. The van der Waals surface area contributed by atoms with Crippen molar-refractivity contribution in [1.82, 2.24) is 0 Å². The molecular formula is C7H7Cl2NOS. The maximum absolute atomic E-state index is 11.2. The molecule has 66 valence electrons. The van der Waals surface area contributed by atoms with Crippen LogP contribution in [-0.4, -0.2) is 10.5 Å². The zero-order valence-electron chi connectivity index (χ0n) is 6.30. The van der Waals surface area contributed by atoms with E-state index in [1.54, 1.807) is 0 Å². The van der Waals surface area contributed by atoms with E-state index in [2.05, 4.69) is 0 Å². The highest BCUT2D eigenvalue weighted by Gasteiger charge is 2.05. The van der Waals surface area contributed by atoms with Gasteiger partial charge in [-0.1, -0.05) is 23.2 Å². The van der Waals surface area contributed by atoms with E-state index in [0.717, 1.165) is 0 Å². The number of rotatable bonds is 1. The predicted molar refractivity (Wildman–Crippen MR) is 51.5 cm³/mol. The van der Waals surface area contributed by atoms with Crippen molar-refractivity contribution >= 4 is 32.9 Å². The summed E-state index contributed by atoms with van der Waals surface area (Å²) in [6, 6.07) is 4.52. The van der Waals surface area contributed by atoms with Gasteiger partial charge in [-0.15, -0.1) is 0 Å². The summed E-state index contributed by atoms with van der Waals surface area (Å²) in [5.41, 5.74) is 0. The summed E-state index contributed by atoms with van der Waals surface area (Å²) in [5.74, 6) is 0. The van der Waals surface area contributed by atoms with Gasteiger partial charge in [-0.3, -0.25) is 0 Å². The standard InChI is InChI=1S/C7H7Cl2NOS/c1-12(10,11)7-3-5(8)2-6(9)4-7/h2-4,10H,1H3. The third-order valence-electron chi connectivity index (χ3n) is 1.29. The second-order valence-corrected chi connectivity index (χ2v) is 5.48. The summed E-state index contributed by atoms with van der Waals surface area (Å²) >= 11 is 11.3. The molecule has 1 N–H and O–H groups in total. The second kappa shape index (κ2) is 3.24. The Morgan fingerprint density at radius 3 is 2.00 bits per heavy atom. The second-order valence-electron chi connectivity index (χ2n) is 2.45. The van der Waals surface area contributed by atoms with Crippen LogP contribution in [0.4, 0.5) is 0 Å². The molecule has 0 saturated heterocycles. The molecule has 0 spiro atoms. The van der Waals surface area contributed by atoms with Crippen LogP contribution in [0.5, 0.6) is 0 Å².